The fraction of sp³-hybridized carbons (Fsp3) is 0.333. The van der Waals surface area contributed by atoms with Crippen LogP contribution in [0.15, 0.2) is 48.8 Å². The molecule has 3 rings (SSSR count). The second-order valence-corrected chi connectivity index (χ2v) is 5.73. The zero-order valence-electron chi connectivity index (χ0n) is 12.6. The van der Waals surface area contributed by atoms with Gasteiger partial charge in [0, 0.05) is 25.0 Å². The average molecular weight is 295 g/mol. The van der Waals surface area contributed by atoms with E-state index < -0.39 is 0 Å². The Hall–Kier alpha value is -2.36. The van der Waals surface area contributed by atoms with E-state index in [-0.39, 0.29) is 5.91 Å². The molecule has 1 amide bonds. The van der Waals surface area contributed by atoms with E-state index in [1.807, 2.05) is 12.1 Å². The maximum absolute atomic E-state index is 12.0. The number of aromatic nitrogens is 1. The van der Waals surface area contributed by atoms with Crippen LogP contribution in [-0.2, 0) is 6.42 Å². The van der Waals surface area contributed by atoms with Crippen LogP contribution >= 0.6 is 0 Å². The smallest absolute Gasteiger partial charge is 0.253 e. The van der Waals surface area contributed by atoms with Crippen LogP contribution in [0.1, 0.15) is 35.2 Å². The van der Waals surface area contributed by atoms with Crippen LogP contribution < -0.4 is 10.6 Å². The largest absolute Gasteiger partial charge is 0.384 e. The first-order valence-electron chi connectivity index (χ1n) is 7.85. The molecule has 0 saturated heterocycles. The van der Waals surface area contributed by atoms with E-state index in [0.29, 0.717) is 11.6 Å². The molecule has 0 atom stereocenters. The fourth-order valence-electron chi connectivity index (χ4n) is 2.33. The van der Waals surface area contributed by atoms with Gasteiger partial charge in [-0.2, -0.15) is 0 Å². The molecule has 4 heteroatoms. The molecule has 1 fully saturated rings. The molecule has 1 saturated carbocycles. The van der Waals surface area contributed by atoms with E-state index in [1.165, 1.54) is 5.56 Å². The summed E-state index contributed by atoms with van der Waals surface area (Å²) in [6.07, 6.45) is 7.65. The Bertz CT molecular complexity index is 623. The van der Waals surface area contributed by atoms with Crippen molar-refractivity contribution < 1.29 is 4.79 Å². The van der Waals surface area contributed by atoms with Crippen molar-refractivity contribution >= 4 is 11.6 Å². The topological polar surface area (TPSA) is 54.0 Å². The normalized spacial score (nSPS) is 13.6. The van der Waals surface area contributed by atoms with Crippen LogP contribution in [0.2, 0.25) is 0 Å². The summed E-state index contributed by atoms with van der Waals surface area (Å²) in [4.78, 5) is 16.1. The van der Waals surface area contributed by atoms with E-state index in [0.717, 1.165) is 37.9 Å². The summed E-state index contributed by atoms with van der Waals surface area (Å²) in [7, 11) is 0. The maximum Gasteiger partial charge on any atom is 0.253 e. The molecule has 0 unspecified atom stereocenters. The molecule has 0 aliphatic heterocycles. The Morgan fingerprint density at radius 2 is 2.00 bits per heavy atom. The average Bonchev–Trinajstić information content (AvgIpc) is 3.37. The van der Waals surface area contributed by atoms with Gasteiger partial charge in [-0.15, -0.1) is 0 Å². The molecule has 114 valence electrons. The first kappa shape index (κ1) is 14.6. The minimum absolute atomic E-state index is 0.0251. The highest BCUT2D eigenvalue weighted by molar-refractivity contribution is 5.95. The van der Waals surface area contributed by atoms with Gasteiger partial charge in [0.2, 0.25) is 0 Å². The monoisotopic (exact) mass is 295 g/mol. The summed E-state index contributed by atoms with van der Waals surface area (Å²) in [6.45, 7) is 0.865. The third-order valence-electron chi connectivity index (χ3n) is 3.73. The van der Waals surface area contributed by atoms with Crippen LogP contribution in [0.25, 0.3) is 0 Å². The molecule has 4 nitrogen and oxygen atoms in total. The number of aryl methyl sites for hydroxylation is 1. The van der Waals surface area contributed by atoms with E-state index in [2.05, 4.69) is 39.9 Å². The number of nitrogens with zero attached hydrogens (tertiary/aromatic N) is 1. The molecular weight excluding hydrogens is 274 g/mol. The van der Waals surface area contributed by atoms with Crippen molar-refractivity contribution in [3.63, 3.8) is 0 Å². The quantitative estimate of drug-likeness (QED) is 0.772. The Labute approximate surface area is 131 Å². The van der Waals surface area contributed by atoms with Crippen molar-refractivity contribution in [2.45, 2.75) is 31.7 Å². The molecular formula is C18H21N3O. The third-order valence-corrected chi connectivity index (χ3v) is 3.73. The van der Waals surface area contributed by atoms with E-state index >= 15 is 0 Å². The molecule has 1 aromatic heterocycles. The lowest BCUT2D eigenvalue weighted by molar-refractivity contribution is 0.0951. The number of hydrogen-bond donors (Lipinski definition) is 2. The molecule has 1 aliphatic carbocycles. The summed E-state index contributed by atoms with van der Waals surface area (Å²) in [5.41, 5.74) is 2.87. The van der Waals surface area contributed by atoms with Gasteiger partial charge in [-0.25, -0.2) is 0 Å². The first-order chi connectivity index (χ1) is 10.8. The highest BCUT2D eigenvalue weighted by atomic mass is 16.1. The lowest BCUT2D eigenvalue weighted by atomic mass is 10.1. The molecule has 1 heterocycles. The summed E-state index contributed by atoms with van der Waals surface area (Å²) < 4.78 is 0. The Balaban J connectivity index is 1.46. The van der Waals surface area contributed by atoms with E-state index in [9.17, 15) is 4.79 Å². The van der Waals surface area contributed by atoms with Gasteiger partial charge < -0.3 is 10.6 Å². The van der Waals surface area contributed by atoms with Gasteiger partial charge in [0.1, 0.15) is 0 Å². The zero-order chi connectivity index (χ0) is 15.2. The first-order valence-corrected chi connectivity index (χ1v) is 7.85. The number of carbonyl (C=O) groups is 1. The van der Waals surface area contributed by atoms with Crippen LogP contribution in [0.3, 0.4) is 0 Å². The van der Waals surface area contributed by atoms with Crippen LogP contribution in [0.5, 0.6) is 0 Å². The number of anilines is 1. The van der Waals surface area contributed by atoms with Crippen LogP contribution in [0.4, 0.5) is 5.69 Å². The number of rotatable bonds is 7. The minimum atomic E-state index is -0.0251. The molecule has 1 aromatic carbocycles. The SMILES string of the molecule is O=C(NC1CC1)c1cncc(NCCCc2ccccc2)c1. The van der Waals surface area contributed by atoms with Gasteiger partial charge in [0.25, 0.3) is 5.91 Å². The molecule has 0 spiro atoms. The van der Waals surface area contributed by atoms with Crippen molar-refractivity contribution in [1.29, 1.82) is 0 Å². The predicted molar refractivity (Wildman–Crippen MR) is 88.0 cm³/mol. The Morgan fingerprint density at radius 3 is 2.77 bits per heavy atom. The highest BCUT2D eigenvalue weighted by Gasteiger charge is 2.23. The number of pyridine rings is 1. The Kier molecular flexibility index (Phi) is 4.68. The second kappa shape index (κ2) is 7.07. The molecule has 2 aromatic rings. The summed E-state index contributed by atoms with van der Waals surface area (Å²) in [5.74, 6) is -0.0251. The number of benzene rings is 1. The third kappa shape index (κ3) is 4.32. The van der Waals surface area contributed by atoms with Gasteiger partial charge in [-0.3, -0.25) is 9.78 Å². The maximum atomic E-state index is 12.0. The lowest BCUT2D eigenvalue weighted by Crippen LogP contribution is -2.25. The predicted octanol–water partition coefficient (Wildman–Crippen LogP) is 3.02. The Morgan fingerprint density at radius 1 is 1.18 bits per heavy atom. The zero-order valence-corrected chi connectivity index (χ0v) is 12.6. The lowest BCUT2D eigenvalue weighted by Gasteiger charge is -2.08. The van der Waals surface area contributed by atoms with Gasteiger partial charge >= 0.3 is 0 Å². The fourth-order valence-corrected chi connectivity index (χ4v) is 2.33. The van der Waals surface area contributed by atoms with Gasteiger partial charge in [0.05, 0.1) is 11.3 Å². The molecule has 22 heavy (non-hydrogen) atoms. The van der Waals surface area contributed by atoms with E-state index in [4.69, 9.17) is 0 Å². The minimum Gasteiger partial charge on any atom is -0.384 e. The number of nitrogens with one attached hydrogen (secondary N) is 2. The van der Waals surface area contributed by atoms with Crippen LogP contribution in [-0.4, -0.2) is 23.5 Å². The van der Waals surface area contributed by atoms with Crippen molar-refractivity contribution in [1.82, 2.24) is 10.3 Å². The molecule has 0 bridgehead atoms. The van der Waals surface area contributed by atoms with Crippen LogP contribution in [0, 0.1) is 0 Å². The molecule has 2 N–H and O–H groups in total. The van der Waals surface area contributed by atoms with E-state index in [1.54, 1.807) is 12.4 Å². The summed E-state index contributed by atoms with van der Waals surface area (Å²) in [6, 6.07) is 12.7. The standard InChI is InChI=1S/C18H21N3O/c22-18(21-16-8-9-16)15-11-17(13-19-12-15)20-10-4-7-14-5-2-1-3-6-14/h1-3,5-6,11-13,16,20H,4,7-10H2,(H,21,22). The number of amides is 1. The van der Waals surface area contributed by atoms with Crippen molar-refractivity contribution in [3.05, 3.63) is 59.9 Å². The number of hydrogen-bond acceptors (Lipinski definition) is 3. The second-order valence-electron chi connectivity index (χ2n) is 5.73. The van der Waals surface area contributed by atoms with Gasteiger partial charge in [-0.1, -0.05) is 30.3 Å². The van der Waals surface area contributed by atoms with Gasteiger partial charge in [0.15, 0.2) is 0 Å². The molecule has 0 radical (unpaired) electrons. The summed E-state index contributed by atoms with van der Waals surface area (Å²) in [5, 5.41) is 6.32. The number of carbonyl (C=O) groups excluding carboxylic acids is 1. The molecule has 1 aliphatic rings. The highest BCUT2D eigenvalue weighted by Crippen LogP contribution is 2.19. The van der Waals surface area contributed by atoms with Crippen molar-refractivity contribution in [2.24, 2.45) is 0 Å². The summed E-state index contributed by atoms with van der Waals surface area (Å²) >= 11 is 0. The van der Waals surface area contributed by atoms with Gasteiger partial charge in [-0.05, 0) is 37.3 Å². The van der Waals surface area contributed by atoms with Crippen molar-refractivity contribution in [3.8, 4) is 0 Å². The van der Waals surface area contributed by atoms with Crippen molar-refractivity contribution in [2.75, 3.05) is 11.9 Å².